The van der Waals surface area contributed by atoms with Gasteiger partial charge in [-0.1, -0.05) is 46.3 Å². The molecule has 0 heterocycles. The van der Waals surface area contributed by atoms with E-state index in [2.05, 4.69) is 75.8 Å². The Balaban J connectivity index is 1.17. The van der Waals surface area contributed by atoms with E-state index in [0.717, 1.165) is 28.0 Å². The lowest BCUT2D eigenvalue weighted by Gasteiger charge is -2.15. The van der Waals surface area contributed by atoms with Crippen LogP contribution in [-0.2, 0) is 13.0 Å². The van der Waals surface area contributed by atoms with Gasteiger partial charge in [-0.25, -0.2) is 0 Å². The maximum absolute atomic E-state index is 5.95. The minimum Gasteiger partial charge on any atom is -0.497 e. The van der Waals surface area contributed by atoms with Crippen LogP contribution in [0, 0.1) is 0 Å². The molecule has 0 spiro atoms. The van der Waals surface area contributed by atoms with Crippen molar-refractivity contribution in [2.24, 2.45) is 0 Å². The van der Waals surface area contributed by atoms with E-state index in [1.807, 2.05) is 12.1 Å². The van der Waals surface area contributed by atoms with Gasteiger partial charge in [-0.3, -0.25) is 0 Å². The highest BCUT2D eigenvalue weighted by molar-refractivity contribution is 9.10. The lowest BCUT2D eigenvalue weighted by molar-refractivity contribution is 0.306. The number of hydrogen-bond donors (Lipinski definition) is 1. The average Bonchev–Trinajstić information content (AvgIpc) is 3.43. The summed E-state index contributed by atoms with van der Waals surface area (Å²) in [5.41, 5.74) is 5.42. The summed E-state index contributed by atoms with van der Waals surface area (Å²) in [5.74, 6) is 2.47. The van der Waals surface area contributed by atoms with Gasteiger partial charge in [-0.05, 0) is 77.9 Å². The third-order valence-electron chi connectivity index (χ3n) is 6.24. The van der Waals surface area contributed by atoms with E-state index in [-0.39, 0.29) is 0 Å². The second-order valence-electron chi connectivity index (χ2n) is 8.26. The van der Waals surface area contributed by atoms with E-state index < -0.39 is 0 Å². The Morgan fingerprint density at radius 3 is 2.63 bits per heavy atom. The standard InChI is InChI=1S/C26H26BrNO2/c1-29-22-11-7-19-8-12-25(23(19)14-22)28-26-15-24(26)18-5-9-21(10-6-18)30-16-17-3-2-4-20(27)13-17/h2-7,9-11,13-14,24-26,28H,8,12,15-16H2,1H3. The summed E-state index contributed by atoms with van der Waals surface area (Å²) in [4.78, 5) is 0. The summed E-state index contributed by atoms with van der Waals surface area (Å²) in [6, 6.07) is 24.3. The molecule has 0 amide bonds. The number of hydrogen-bond acceptors (Lipinski definition) is 3. The van der Waals surface area contributed by atoms with Gasteiger partial charge in [-0.2, -0.15) is 0 Å². The zero-order valence-electron chi connectivity index (χ0n) is 17.1. The van der Waals surface area contributed by atoms with Crippen LogP contribution in [0.4, 0.5) is 0 Å². The molecule has 5 rings (SSSR count). The number of aryl methyl sites for hydroxylation is 1. The largest absolute Gasteiger partial charge is 0.497 e. The van der Waals surface area contributed by atoms with E-state index >= 15 is 0 Å². The minimum absolute atomic E-state index is 0.443. The first-order valence-corrected chi connectivity index (χ1v) is 11.4. The Hall–Kier alpha value is -2.30. The topological polar surface area (TPSA) is 30.5 Å². The second-order valence-corrected chi connectivity index (χ2v) is 9.17. The van der Waals surface area contributed by atoms with Crippen molar-refractivity contribution < 1.29 is 9.47 Å². The van der Waals surface area contributed by atoms with Crippen molar-refractivity contribution in [2.75, 3.05) is 7.11 Å². The number of methoxy groups -OCH3 is 1. The predicted octanol–water partition coefficient (Wildman–Crippen LogP) is 6.17. The molecule has 0 aliphatic heterocycles. The maximum atomic E-state index is 5.95. The number of nitrogens with one attached hydrogen (secondary N) is 1. The summed E-state index contributed by atoms with van der Waals surface area (Å²) in [6.45, 7) is 0.580. The molecular weight excluding hydrogens is 438 g/mol. The molecule has 3 atom stereocenters. The highest BCUT2D eigenvalue weighted by Gasteiger charge is 2.40. The second kappa shape index (κ2) is 8.44. The Labute approximate surface area is 186 Å². The third-order valence-corrected chi connectivity index (χ3v) is 6.73. The van der Waals surface area contributed by atoms with Gasteiger partial charge in [0.1, 0.15) is 18.1 Å². The number of fused-ring (bicyclic) bond motifs is 1. The molecule has 2 aliphatic rings. The maximum Gasteiger partial charge on any atom is 0.119 e. The zero-order valence-corrected chi connectivity index (χ0v) is 18.7. The van der Waals surface area contributed by atoms with Crippen molar-refractivity contribution in [2.45, 2.75) is 43.9 Å². The molecule has 3 unspecified atom stereocenters. The average molecular weight is 464 g/mol. The van der Waals surface area contributed by atoms with Gasteiger partial charge in [0.2, 0.25) is 0 Å². The smallest absolute Gasteiger partial charge is 0.119 e. The Morgan fingerprint density at radius 1 is 1.00 bits per heavy atom. The van der Waals surface area contributed by atoms with Crippen molar-refractivity contribution in [1.82, 2.24) is 5.32 Å². The predicted molar refractivity (Wildman–Crippen MR) is 123 cm³/mol. The molecule has 3 aromatic carbocycles. The number of ether oxygens (including phenoxy) is 2. The Morgan fingerprint density at radius 2 is 1.83 bits per heavy atom. The monoisotopic (exact) mass is 463 g/mol. The van der Waals surface area contributed by atoms with Gasteiger partial charge in [0, 0.05) is 22.5 Å². The minimum atomic E-state index is 0.443. The molecule has 30 heavy (non-hydrogen) atoms. The SMILES string of the molecule is COc1ccc2c(c1)C(NC1CC1c1ccc(OCc3cccc(Br)c3)cc1)CC2. The molecule has 2 aliphatic carbocycles. The van der Waals surface area contributed by atoms with Gasteiger partial charge in [0.15, 0.2) is 0 Å². The normalized spacial score (nSPS) is 21.9. The van der Waals surface area contributed by atoms with Gasteiger partial charge >= 0.3 is 0 Å². The van der Waals surface area contributed by atoms with Gasteiger partial charge in [-0.15, -0.1) is 0 Å². The first-order valence-electron chi connectivity index (χ1n) is 10.6. The summed E-state index contributed by atoms with van der Waals surface area (Å²) in [6.07, 6.45) is 3.53. The fraction of sp³-hybridized carbons (Fsp3) is 0.308. The summed E-state index contributed by atoms with van der Waals surface area (Å²) in [5, 5.41) is 3.88. The van der Waals surface area contributed by atoms with Gasteiger partial charge in [0.05, 0.1) is 7.11 Å². The van der Waals surface area contributed by atoms with Crippen LogP contribution in [0.2, 0.25) is 0 Å². The molecule has 0 saturated heterocycles. The van der Waals surface area contributed by atoms with Crippen molar-refractivity contribution in [3.63, 3.8) is 0 Å². The summed E-state index contributed by atoms with van der Waals surface area (Å²) >= 11 is 3.51. The molecular formula is C26H26BrNO2. The molecule has 154 valence electrons. The number of benzene rings is 3. The van der Waals surface area contributed by atoms with Crippen LogP contribution in [0.15, 0.2) is 71.2 Å². The Bertz CT molecular complexity index is 1030. The van der Waals surface area contributed by atoms with E-state index in [1.165, 1.54) is 29.5 Å². The van der Waals surface area contributed by atoms with Gasteiger partial charge in [0.25, 0.3) is 0 Å². The first kappa shape index (κ1) is 19.7. The molecule has 1 N–H and O–H groups in total. The first-order chi connectivity index (χ1) is 14.7. The van der Waals surface area contributed by atoms with Crippen molar-refractivity contribution in [3.8, 4) is 11.5 Å². The lowest BCUT2D eigenvalue weighted by Crippen LogP contribution is -2.22. The van der Waals surface area contributed by atoms with E-state index in [0.29, 0.717) is 24.6 Å². The highest BCUT2D eigenvalue weighted by atomic mass is 79.9. The number of rotatable bonds is 7. The van der Waals surface area contributed by atoms with Crippen LogP contribution in [-0.4, -0.2) is 13.2 Å². The molecule has 0 bridgehead atoms. The third kappa shape index (κ3) is 4.26. The molecule has 3 nitrogen and oxygen atoms in total. The van der Waals surface area contributed by atoms with Crippen LogP contribution < -0.4 is 14.8 Å². The van der Waals surface area contributed by atoms with Crippen molar-refractivity contribution >= 4 is 15.9 Å². The van der Waals surface area contributed by atoms with Crippen molar-refractivity contribution in [3.05, 3.63) is 93.5 Å². The van der Waals surface area contributed by atoms with Crippen LogP contribution >= 0.6 is 15.9 Å². The number of halogens is 1. The van der Waals surface area contributed by atoms with E-state index in [1.54, 1.807) is 7.11 Å². The highest BCUT2D eigenvalue weighted by Crippen LogP contribution is 2.44. The zero-order chi connectivity index (χ0) is 20.5. The van der Waals surface area contributed by atoms with Crippen LogP contribution in [0.25, 0.3) is 0 Å². The van der Waals surface area contributed by atoms with E-state index in [9.17, 15) is 0 Å². The molecule has 1 saturated carbocycles. The molecule has 4 heteroatoms. The van der Waals surface area contributed by atoms with E-state index in [4.69, 9.17) is 9.47 Å². The summed E-state index contributed by atoms with van der Waals surface area (Å²) in [7, 11) is 1.74. The fourth-order valence-corrected chi connectivity index (χ4v) is 4.94. The molecule has 0 radical (unpaired) electrons. The lowest BCUT2D eigenvalue weighted by atomic mass is 10.1. The van der Waals surface area contributed by atoms with Crippen LogP contribution in [0.5, 0.6) is 11.5 Å². The fourth-order valence-electron chi connectivity index (χ4n) is 4.49. The van der Waals surface area contributed by atoms with Crippen LogP contribution in [0.3, 0.4) is 0 Å². The molecule has 0 aromatic heterocycles. The van der Waals surface area contributed by atoms with Crippen LogP contribution in [0.1, 0.15) is 47.1 Å². The molecule has 3 aromatic rings. The summed E-state index contributed by atoms with van der Waals surface area (Å²) < 4.78 is 12.4. The van der Waals surface area contributed by atoms with Gasteiger partial charge < -0.3 is 14.8 Å². The Kier molecular flexibility index (Phi) is 5.53. The quantitative estimate of drug-likeness (QED) is 0.454. The molecule has 1 fully saturated rings. The van der Waals surface area contributed by atoms with Crippen molar-refractivity contribution in [1.29, 1.82) is 0 Å².